The minimum absolute atomic E-state index is 0.112. The second-order valence-corrected chi connectivity index (χ2v) is 4.48. The molecule has 0 spiro atoms. The molecule has 1 aliphatic heterocycles. The molecule has 2 heterocycles. The quantitative estimate of drug-likeness (QED) is 0.795. The van der Waals surface area contributed by atoms with Gasteiger partial charge in [0.25, 0.3) is 0 Å². The van der Waals surface area contributed by atoms with Gasteiger partial charge < -0.3 is 10.0 Å². The van der Waals surface area contributed by atoms with E-state index in [-0.39, 0.29) is 5.82 Å². The predicted octanol–water partition coefficient (Wildman–Crippen LogP) is 1.71. The molecule has 3 nitrogen and oxygen atoms in total. The summed E-state index contributed by atoms with van der Waals surface area (Å²) in [4.78, 5) is 5.38. The van der Waals surface area contributed by atoms with Crippen LogP contribution in [0.5, 0.6) is 0 Å². The smallest absolute Gasteiger partial charge is 0.168 e. The first-order valence-corrected chi connectivity index (χ1v) is 5.26. The van der Waals surface area contributed by atoms with E-state index in [0.29, 0.717) is 19.5 Å². The molecule has 1 N–H and O–H groups in total. The molecule has 2 rings (SSSR count). The molecule has 1 aliphatic rings. The summed E-state index contributed by atoms with van der Waals surface area (Å²) in [6, 6.07) is 0.811. The lowest BCUT2D eigenvalue weighted by Gasteiger charge is -2.37. The third kappa shape index (κ3) is 2.29. The minimum atomic E-state index is -0.833. The molecule has 1 saturated heterocycles. The standard InChI is InChI=1S/C11H14F2N2O/c1-11(16)3-2-4-15(7-11)10-9(13)5-8(12)6-14-10/h5-6,16H,2-4,7H2,1H3. The van der Waals surface area contributed by atoms with Crippen molar-refractivity contribution in [1.29, 1.82) is 0 Å². The van der Waals surface area contributed by atoms with E-state index in [9.17, 15) is 13.9 Å². The van der Waals surface area contributed by atoms with E-state index in [1.54, 1.807) is 11.8 Å². The van der Waals surface area contributed by atoms with Gasteiger partial charge in [-0.1, -0.05) is 0 Å². The number of hydrogen-bond donors (Lipinski definition) is 1. The van der Waals surface area contributed by atoms with Crippen LogP contribution in [-0.2, 0) is 0 Å². The van der Waals surface area contributed by atoms with Crippen molar-refractivity contribution in [3.05, 3.63) is 23.9 Å². The fourth-order valence-corrected chi connectivity index (χ4v) is 2.04. The summed E-state index contributed by atoms with van der Waals surface area (Å²) < 4.78 is 26.2. The van der Waals surface area contributed by atoms with E-state index in [1.165, 1.54) is 0 Å². The average molecular weight is 228 g/mol. The molecule has 0 radical (unpaired) electrons. The van der Waals surface area contributed by atoms with E-state index in [0.717, 1.165) is 18.7 Å². The Kier molecular flexibility index (Phi) is 2.80. The van der Waals surface area contributed by atoms with Gasteiger partial charge in [0, 0.05) is 19.2 Å². The summed E-state index contributed by atoms with van der Waals surface area (Å²) in [5.74, 6) is -1.26. The van der Waals surface area contributed by atoms with Crippen LogP contribution >= 0.6 is 0 Å². The van der Waals surface area contributed by atoms with Gasteiger partial charge in [0.15, 0.2) is 11.6 Å². The second kappa shape index (κ2) is 3.97. The Morgan fingerprint density at radius 1 is 1.50 bits per heavy atom. The molecule has 0 aliphatic carbocycles. The number of hydrogen-bond acceptors (Lipinski definition) is 3. The van der Waals surface area contributed by atoms with Crippen molar-refractivity contribution in [3.63, 3.8) is 0 Å². The number of anilines is 1. The molecular weight excluding hydrogens is 214 g/mol. The van der Waals surface area contributed by atoms with Gasteiger partial charge in [-0.05, 0) is 19.8 Å². The molecule has 0 amide bonds. The lowest BCUT2D eigenvalue weighted by molar-refractivity contribution is 0.0445. The van der Waals surface area contributed by atoms with Crippen LogP contribution < -0.4 is 4.90 Å². The van der Waals surface area contributed by atoms with Gasteiger partial charge in [-0.3, -0.25) is 0 Å². The van der Waals surface area contributed by atoms with Crippen molar-refractivity contribution < 1.29 is 13.9 Å². The maximum absolute atomic E-state index is 13.5. The third-order valence-electron chi connectivity index (χ3n) is 2.76. The Morgan fingerprint density at radius 2 is 2.25 bits per heavy atom. The summed E-state index contributed by atoms with van der Waals surface area (Å²) in [5.41, 5.74) is -0.833. The van der Waals surface area contributed by atoms with Gasteiger partial charge in [-0.15, -0.1) is 0 Å². The van der Waals surface area contributed by atoms with Crippen LogP contribution in [0.15, 0.2) is 12.3 Å². The van der Waals surface area contributed by atoms with E-state index in [4.69, 9.17) is 0 Å². The number of aliphatic hydroxyl groups is 1. The zero-order valence-corrected chi connectivity index (χ0v) is 9.08. The van der Waals surface area contributed by atoms with Crippen LogP contribution in [-0.4, -0.2) is 28.8 Å². The molecule has 0 aromatic carbocycles. The molecular formula is C11H14F2N2O. The van der Waals surface area contributed by atoms with Crippen LogP contribution in [0.3, 0.4) is 0 Å². The van der Waals surface area contributed by atoms with Gasteiger partial charge in [-0.25, -0.2) is 13.8 Å². The Bertz CT molecular complexity index is 396. The Labute approximate surface area is 92.7 Å². The van der Waals surface area contributed by atoms with Crippen molar-refractivity contribution in [2.75, 3.05) is 18.0 Å². The summed E-state index contributed by atoms with van der Waals surface area (Å²) >= 11 is 0. The van der Waals surface area contributed by atoms with Crippen LogP contribution in [0.25, 0.3) is 0 Å². The first-order valence-electron chi connectivity index (χ1n) is 5.26. The Morgan fingerprint density at radius 3 is 2.88 bits per heavy atom. The van der Waals surface area contributed by atoms with Gasteiger partial charge in [0.1, 0.15) is 5.82 Å². The number of pyridine rings is 1. The lowest BCUT2D eigenvalue weighted by atomic mass is 9.95. The average Bonchev–Trinajstić information content (AvgIpc) is 2.15. The first kappa shape index (κ1) is 11.3. The molecule has 0 bridgehead atoms. The molecule has 1 aromatic rings. The molecule has 0 saturated carbocycles. The van der Waals surface area contributed by atoms with Crippen LogP contribution in [0, 0.1) is 11.6 Å². The van der Waals surface area contributed by atoms with Crippen molar-refractivity contribution in [2.24, 2.45) is 0 Å². The monoisotopic (exact) mass is 228 g/mol. The lowest BCUT2D eigenvalue weighted by Crippen LogP contribution is -2.46. The van der Waals surface area contributed by atoms with Crippen LogP contribution in [0.2, 0.25) is 0 Å². The van der Waals surface area contributed by atoms with Gasteiger partial charge in [-0.2, -0.15) is 0 Å². The van der Waals surface area contributed by atoms with E-state index in [1.807, 2.05) is 0 Å². The topological polar surface area (TPSA) is 36.4 Å². The highest BCUT2D eigenvalue weighted by molar-refractivity contribution is 5.40. The number of aromatic nitrogens is 1. The minimum Gasteiger partial charge on any atom is -0.388 e. The number of nitrogens with zero attached hydrogens (tertiary/aromatic N) is 2. The van der Waals surface area contributed by atoms with E-state index < -0.39 is 17.2 Å². The normalized spacial score (nSPS) is 25.9. The molecule has 88 valence electrons. The molecule has 1 aromatic heterocycles. The molecule has 1 atom stereocenters. The van der Waals surface area contributed by atoms with Crippen molar-refractivity contribution in [3.8, 4) is 0 Å². The number of β-amino-alcohol motifs (C(OH)–C–C–N with tert-alkyl or cyclic N) is 1. The zero-order chi connectivity index (χ0) is 11.8. The SMILES string of the molecule is CC1(O)CCCN(c2ncc(F)cc2F)C1. The van der Waals surface area contributed by atoms with Crippen molar-refractivity contribution in [1.82, 2.24) is 4.98 Å². The third-order valence-corrected chi connectivity index (χ3v) is 2.76. The summed E-state index contributed by atoms with van der Waals surface area (Å²) in [6.07, 6.45) is 2.44. The Hall–Kier alpha value is -1.23. The van der Waals surface area contributed by atoms with Crippen molar-refractivity contribution >= 4 is 5.82 Å². The number of rotatable bonds is 1. The maximum atomic E-state index is 13.5. The molecule has 1 fully saturated rings. The van der Waals surface area contributed by atoms with Crippen molar-refractivity contribution in [2.45, 2.75) is 25.4 Å². The number of piperidine rings is 1. The fourth-order valence-electron chi connectivity index (χ4n) is 2.04. The predicted molar refractivity (Wildman–Crippen MR) is 56.2 cm³/mol. The second-order valence-electron chi connectivity index (χ2n) is 4.48. The van der Waals surface area contributed by atoms with E-state index >= 15 is 0 Å². The van der Waals surface area contributed by atoms with Crippen LogP contribution in [0.4, 0.5) is 14.6 Å². The highest BCUT2D eigenvalue weighted by Crippen LogP contribution is 2.26. The molecule has 1 unspecified atom stereocenters. The molecule has 5 heteroatoms. The Balaban J connectivity index is 2.23. The van der Waals surface area contributed by atoms with Gasteiger partial charge in [0.05, 0.1) is 11.8 Å². The number of halogens is 2. The highest BCUT2D eigenvalue weighted by Gasteiger charge is 2.30. The largest absolute Gasteiger partial charge is 0.388 e. The maximum Gasteiger partial charge on any atom is 0.168 e. The fraction of sp³-hybridized carbons (Fsp3) is 0.545. The summed E-state index contributed by atoms with van der Waals surface area (Å²) in [6.45, 7) is 2.66. The van der Waals surface area contributed by atoms with Crippen LogP contribution in [0.1, 0.15) is 19.8 Å². The first-order chi connectivity index (χ1) is 7.48. The van der Waals surface area contributed by atoms with Gasteiger partial charge >= 0.3 is 0 Å². The molecule has 16 heavy (non-hydrogen) atoms. The summed E-state index contributed by atoms with van der Waals surface area (Å²) in [7, 11) is 0. The summed E-state index contributed by atoms with van der Waals surface area (Å²) in [5, 5.41) is 9.89. The zero-order valence-electron chi connectivity index (χ0n) is 9.08. The van der Waals surface area contributed by atoms with Gasteiger partial charge in [0.2, 0.25) is 0 Å². The highest BCUT2D eigenvalue weighted by atomic mass is 19.1. The van der Waals surface area contributed by atoms with E-state index in [2.05, 4.69) is 4.98 Å².